The molecule has 1 rings (SSSR count). The van der Waals surface area contributed by atoms with Crippen LogP contribution in [0.5, 0.6) is 5.75 Å². The molecule has 0 aliphatic carbocycles. The van der Waals surface area contributed by atoms with Crippen molar-refractivity contribution in [2.24, 2.45) is 5.73 Å². The van der Waals surface area contributed by atoms with Crippen LogP contribution in [0.4, 0.5) is 0 Å². The molecule has 5 nitrogen and oxygen atoms in total. The van der Waals surface area contributed by atoms with Crippen molar-refractivity contribution in [3.05, 3.63) is 29.8 Å². The predicted molar refractivity (Wildman–Crippen MR) is 63.5 cm³/mol. The molecule has 0 radical (unpaired) electrons. The number of phenolic OH excluding ortho intramolecular Hbond substituents is 1. The standard InChI is InChI=1S/C12H16N2O3/c1-8(7-15)14-12(17)11(13)6-9-2-4-10(16)5-3-9/h2-5,7-8,11,16H,6,13H2,1H3,(H,14,17)/t8-,11+/m1/s1. The van der Waals surface area contributed by atoms with Gasteiger partial charge in [-0.1, -0.05) is 12.1 Å². The van der Waals surface area contributed by atoms with Gasteiger partial charge in [0.1, 0.15) is 12.0 Å². The number of phenols is 1. The second kappa shape index (κ2) is 6.00. The first kappa shape index (κ1) is 13.2. The molecular formula is C12H16N2O3. The van der Waals surface area contributed by atoms with Crippen molar-refractivity contribution >= 4 is 12.2 Å². The highest BCUT2D eigenvalue weighted by atomic mass is 16.3. The Morgan fingerprint density at radius 3 is 2.59 bits per heavy atom. The van der Waals surface area contributed by atoms with Crippen LogP contribution in [-0.4, -0.2) is 29.4 Å². The van der Waals surface area contributed by atoms with Crippen molar-refractivity contribution in [3.8, 4) is 5.75 Å². The van der Waals surface area contributed by atoms with E-state index < -0.39 is 12.1 Å². The van der Waals surface area contributed by atoms with Crippen LogP contribution in [0.25, 0.3) is 0 Å². The van der Waals surface area contributed by atoms with Gasteiger partial charge in [0.05, 0.1) is 12.1 Å². The van der Waals surface area contributed by atoms with Gasteiger partial charge in [0.15, 0.2) is 0 Å². The first-order valence-corrected chi connectivity index (χ1v) is 5.32. The maximum atomic E-state index is 11.5. The van der Waals surface area contributed by atoms with Crippen LogP contribution in [0.2, 0.25) is 0 Å². The lowest BCUT2D eigenvalue weighted by Gasteiger charge is -2.13. The average molecular weight is 236 g/mol. The quantitative estimate of drug-likeness (QED) is 0.626. The maximum absolute atomic E-state index is 11.5. The molecule has 0 heterocycles. The van der Waals surface area contributed by atoms with E-state index in [1.807, 2.05) is 0 Å². The molecule has 1 amide bonds. The van der Waals surface area contributed by atoms with E-state index in [9.17, 15) is 9.59 Å². The van der Waals surface area contributed by atoms with Gasteiger partial charge in [-0.2, -0.15) is 0 Å². The number of nitrogens with two attached hydrogens (primary N) is 1. The van der Waals surface area contributed by atoms with Crippen LogP contribution in [0.3, 0.4) is 0 Å². The lowest BCUT2D eigenvalue weighted by Crippen LogP contribution is -2.46. The van der Waals surface area contributed by atoms with Crippen molar-refractivity contribution in [3.63, 3.8) is 0 Å². The SMILES string of the molecule is C[C@H](C=O)NC(=O)[C@@H](N)Cc1ccc(O)cc1. The minimum Gasteiger partial charge on any atom is -0.508 e. The minimum atomic E-state index is -0.707. The number of carbonyl (C=O) groups is 2. The van der Waals surface area contributed by atoms with Crippen LogP contribution in [-0.2, 0) is 16.0 Å². The first-order valence-electron chi connectivity index (χ1n) is 5.32. The summed E-state index contributed by atoms with van der Waals surface area (Å²) in [6.45, 7) is 1.58. The van der Waals surface area contributed by atoms with Crippen LogP contribution in [0.15, 0.2) is 24.3 Å². The molecule has 1 aromatic carbocycles. The van der Waals surface area contributed by atoms with E-state index in [0.717, 1.165) is 5.56 Å². The van der Waals surface area contributed by atoms with E-state index in [4.69, 9.17) is 10.8 Å². The zero-order valence-electron chi connectivity index (χ0n) is 9.59. The highest BCUT2D eigenvalue weighted by molar-refractivity contribution is 5.84. The summed E-state index contributed by atoms with van der Waals surface area (Å²) in [5.74, 6) is -0.195. The Morgan fingerprint density at radius 1 is 1.47 bits per heavy atom. The van der Waals surface area contributed by atoms with Crippen LogP contribution in [0, 0.1) is 0 Å². The molecule has 5 heteroatoms. The molecule has 0 aliphatic heterocycles. The summed E-state index contributed by atoms with van der Waals surface area (Å²) in [7, 11) is 0. The van der Waals surface area contributed by atoms with E-state index in [2.05, 4.69) is 5.32 Å². The summed E-state index contributed by atoms with van der Waals surface area (Å²) in [6, 6.07) is 5.23. The predicted octanol–water partition coefficient (Wildman–Crippen LogP) is -0.0344. The zero-order chi connectivity index (χ0) is 12.8. The van der Waals surface area contributed by atoms with E-state index in [1.165, 1.54) is 12.1 Å². The summed E-state index contributed by atoms with van der Waals surface area (Å²) in [6.07, 6.45) is 1.00. The van der Waals surface area contributed by atoms with Gasteiger partial charge in [-0.15, -0.1) is 0 Å². The zero-order valence-corrected chi connectivity index (χ0v) is 9.59. The molecular weight excluding hydrogens is 220 g/mol. The minimum absolute atomic E-state index is 0.168. The second-order valence-corrected chi connectivity index (χ2v) is 3.91. The summed E-state index contributed by atoms with van der Waals surface area (Å²) < 4.78 is 0. The number of hydrogen-bond acceptors (Lipinski definition) is 4. The number of nitrogens with one attached hydrogen (secondary N) is 1. The van der Waals surface area contributed by atoms with E-state index >= 15 is 0 Å². The molecule has 0 fully saturated rings. The summed E-state index contributed by atoms with van der Waals surface area (Å²) in [5, 5.41) is 11.6. The molecule has 4 N–H and O–H groups in total. The fourth-order valence-corrected chi connectivity index (χ4v) is 1.34. The van der Waals surface area contributed by atoms with Crippen molar-refractivity contribution in [1.29, 1.82) is 0 Å². The van der Waals surface area contributed by atoms with Crippen molar-refractivity contribution in [2.75, 3.05) is 0 Å². The molecule has 0 aliphatic rings. The topological polar surface area (TPSA) is 92.4 Å². The Hall–Kier alpha value is -1.88. The van der Waals surface area contributed by atoms with E-state index in [-0.39, 0.29) is 11.7 Å². The molecule has 0 aromatic heterocycles. The van der Waals surface area contributed by atoms with Gasteiger partial charge in [-0.05, 0) is 31.0 Å². The smallest absolute Gasteiger partial charge is 0.237 e. The Labute approximate surface area is 99.6 Å². The van der Waals surface area contributed by atoms with Gasteiger partial charge in [0.25, 0.3) is 0 Å². The number of carbonyl (C=O) groups excluding carboxylic acids is 2. The van der Waals surface area contributed by atoms with Gasteiger partial charge in [0, 0.05) is 0 Å². The first-order chi connectivity index (χ1) is 8.02. The highest BCUT2D eigenvalue weighted by Crippen LogP contribution is 2.10. The third kappa shape index (κ3) is 4.24. The second-order valence-electron chi connectivity index (χ2n) is 3.91. The van der Waals surface area contributed by atoms with Crippen LogP contribution >= 0.6 is 0 Å². The highest BCUT2D eigenvalue weighted by Gasteiger charge is 2.15. The van der Waals surface area contributed by atoms with E-state index in [0.29, 0.717) is 12.7 Å². The Balaban J connectivity index is 2.53. The van der Waals surface area contributed by atoms with Gasteiger partial charge >= 0.3 is 0 Å². The lowest BCUT2D eigenvalue weighted by atomic mass is 10.1. The molecule has 0 unspecified atom stereocenters. The third-order valence-corrected chi connectivity index (χ3v) is 2.30. The molecule has 0 saturated carbocycles. The Morgan fingerprint density at radius 2 is 2.06 bits per heavy atom. The number of benzene rings is 1. The molecule has 0 saturated heterocycles. The fraction of sp³-hybridized carbons (Fsp3) is 0.333. The van der Waals surface area contributed by atoms with Gasteiger partial charge < -0.3 is 21.0 Å². The van der Waals surface area contributed by atoms with Crippen LogP contribution < -0.4 is 11.1 Å². The molecule has 2 atom stereocenters. The molecule has 1 aromatic rings. The monoisotopic (exact) mass is 236 g/mol. The third-order valence-electron chi connectivity index (χ3n) is 2.30. The lowest BCUT2D eigenvalue weighted by molar-refractivity contribution is -0.124. The molecule has 17 heavy (non-hydrogen) atoms. The number of aldehydes is 1. The van der Waals surface area contributed by atoms with Crippen molar-refractivity contribution in [2.45, 2.75) is 25.4 Å². The van der Waals surface area contributed by atoms with Crippen molar-refractivity contribution < 1.29 is 14.7 Å². The summed E-state index contributed by atoms with van der Waals surface area (Å²) in [5.41, 5.74) is 6.55. The van der Waals surface area contributed by atoms with Crippen LogP contribution in [0.1, 0.15) is 12.5 Å². The normalized spacial score (nSPS) is 13.8. The van der Waals surface area contributed by atoms with Gasteiger partial charge in [-0.3, -0.25) is 4.79 Å². The fourth-order valence-electron chi connectivity index (χ4n) is 1.34. The Bertz CT molecular complexity index is 389. The summed E-state index contributed by atoms with van der Waals surface area (Å²) >= 11 is 0. The number of rotatable bonds is 5. The largest absolute Gasteiger partial charge is 0.508 e. The van der Waals surface area contributed by atoms with Gasteiger partial charge in [0.2, 0.25) is 5.91 Å². The maximum Gasteiger partial charge on any atom is 0.237 e. The number of hydrogen-bond donors (Lipinski definition) is 3. The average Bonchev–Trinajstić information content (AvgIpc) is 2.31. The van der Waals surface area contributed by atoms with E-state index in [1.54, 1.807) is 19.1 Å². The number of amides is 1. The van der Waals surface area contributed by atoms with Gasteiger partial charge in [-0.25, -0.2) is 0 Å². The molecule has 92 valence electrons. The Kier molecular flexibility index (Phi) is 4.66. The molecule has 0 spiro atoms. The number of aromatic hydroxyl groups is 1. The molecule has 0 bridgehead atoms. The van der Waals surface area contributed by atoms with Crippen molar-refractivity contribution in [1.82, 2.24) is 5.32 Å². The summed E-state index contributed by atoms with van der Waals surface area (Å²) in [4.78, 5) is 21.9.